The molecule has 2 aromatic carbocycles. The molecule has 0 saturated heterocycles. The average molecular weight is 534 g/mol. The third-order valence-corrected chi connectivity index (χ3v) is 6.25. The minimum atomic E-state index is -1.23. The lowest BCUT2D eigenvalue weighted by atomic mass is 9.87. The zero-order valence-corrected chi connectivity index (χ0v) is 22.9. The first-order valence-electron chi connectivity index (χ1n) is 13.1. The molecule has 3 aromatic rings. The highest BCUT2D eigenvalue weighted by Gasteiger charge is 2.23. The number of benzene rings is 2. The number of carboxylic acid groups (broad SMARTS) is 1. The second-order valence-electron chi connectivity index (χ2n) is 10.2. The molecule has 6 nitrogen and oxygen atoms in total. The Morgan fingerprint density at radius 1 is 0.949 bits per heavy atom. The van der Waals surface area contributed by atoms with Gasteiger partial charge in [-0.1, -0.05) is 82.3 Å². The number of rotatable bonds is 13. The van der Waals surface area contributed by atoms with Gasteiger partial charge in [-0.15, -0.1) is 0 Å². The summed E-state index contributed by atoms with van der Waals surface area (Å²) in [5, 5.41) is 19.4. The summed E-state index contributed by atoms with van der Waals surface area (Å²) >= 11 is 0. The van der Waals surface area contributed by atoms with E-state index >= 15 is 0 Å². The molecule has 0 bridgehead atoms. The zero-order chi connectivity index (χ0) is 28.5. The van der Waals surface area contributed by atoms with Crippen LogP contribution in [0.25, 0.3) is 17.2 Å². The first-order valence-corrected chi connectivity index (χ1v) is 13.1. The van der Waals surface area contributed by atoms with Crippen LogP contribution in [-0.4, -0.2) is 33.1 Å². The van der Waals surface area contributed by atoms with Crippen LogP contribution in [0, 0.1) is 5.82 Å². The van der Waals surface area contributed by atoms with Crippen molar-refractivity contribution in [1.82, 2.24) is 4.98 Å². The van der Waals surface area contributed by atoms with E-state index in [0.717, 1.165) is 39.2 Å². The quantitative estimate of drug-likeness (QED) is 0.239. The number of Topliss-reactive ketones (excluding diaryl/α,β-unsaturated/α-hetero) is 1. The average Bonchev–Trinajstić information content (AvgIpc) is 2.87. The van der Waals surface area contributed by atoms with Crippen LogP contribution >= 0.6 is 0 Å². The predicted molar refractivity (Wildman–Crippen MR) is 150 cm³/mol. The van der Waals surface area contributed by atoms with E-state index in [-0.39, 0.29) is 30.7 Å². The lowest BCUT2D eigenvalue weighted by Crippen LogP contribution is -2.14. The first kappa shape index (κ1) is 29.9. The highest BCUT2D eigenvalue weighted by Crippen LogP contribution is 2.38. The van der Waals surface area contributed by atoms with E-state index in [4.69, 9.17) is 14.8 Å². The summed E-state index contributed by atoms with van der Waals surface area (Å²) < 4.78 is 20.1. The van der Waals surface area contributed by atoms with Crippen molar-refractivity contribution < 1.29 is 28.9 Å². The minimum absolute atomic E-state index is 0.0198. The summed E-state index contributed by atoms with van der Waals surface area (Å²) in [6.07, 6.45) is 1.09. The van der Waals surface area contributed by atoms with Gasteiger partial charge in [0.15, 0.2) is 0 Å². The number of hydrogen-bond acceptors (Lipinski definition) is 5. The summed E-state index contributed by atoms with van der Waals surface area (Å²) in [4.78, 5) is 27.8. The number of hydrogen-bond donors (Lipinski definition) is 2. The van der Waals surface area contributed by atoms with E-state index in [0.29, 0.717) is 6.61 Å². The molecule has 1 heterocycles. The zero-order valence-electron chi connectivity index (χ0n) is 22.9. The van der Waals surface area contributed by atoms with E-state index < -0.39 is 24.3 Å². The van der Waals surface area contributed by atoms with Gasteiger partial charge in [0.25, 0.3) is 0 Å². The molecule has 0 radical (unpaired) electrons. The Hall–Kier alpha value is -3.68. The summed E-state index contributed by atoms with van der Waals surface area (Å²) in [6, 6.07) is 16.1. The number of ether oxygens (including phenoxy) is 1. The van der Waals surface area contributed by atoms with Crippen molar-refractivity contribution in [3.05, 3.63) is 94.6 Å². The Morgan fingerprint density at radius 2 is 1.59 bits per heavy atom. The van der Waals surface area contributed by atoms with Crippen molar-refractivity contribution >= 4 is 17.8 Å². The van der Waals surface area contributed by atoms with Crippen molar-refractivity contribution in [2.75, 3.05) is 0 Å². The number of aromatic nitrogens is 1. The van der Waals surface area contributed by atoms with E-state index in [9.17, 15) is 19.1 Å². The maximum atomic E-state index is 13.9. The smallest absolute Gasteiger partial charge is 0.310 e. The van der Waals surface area contributed by atoms with Gasteiger partial charge >= 0.3 is 5.97 Å². The maximum Gasteiger partial charge on any atom is 0.310 e. The second-order valence-corrected chi connectivity index (χ2v) is 10.2. The molecule has 3 rings (SSSR count). The van der Waals surface area contributed by atoms with Gasteiger partial charge in [0.05, 0.1) is 25.0 Å². The first-order chi connectivity index (χ1) is 18.6. The molecule has 206 valence electrons. The molecule has 0 amide bonds. The maximum absolute atomic E-state index is 13.9. The van der Waals surface area contributed by atoms with Crippen LogP contribution in [0.2, 0.25) is 0 Å². The molecule has 0 saturated carbocycles. The highest BCUT2D eigenvalue weighted by molar-refractivity contribution is 5.95. The molecule has 0 spiro atoms. The van der Waals surface area contributed by atoms with Crippen molar-refractivity contribution in [3.8, 4) is 11.1 Å². The van der Waals surface area contributed by atoms with Gasteiger partial charge < -0.3 is 14.9 Å². The lowest BCUT2D eigenvalue weighted by molar-refractivity contribution is -0.140. The number of aliphatic hydroxyl groups excluding tert-OH is 1. The van der Waals surface area contributed by atoms with Crippen LogP contribution < -0.4 is 0 Å². The van der Waals surface area contributed by atoms with E-state index in [2.05, 4.69) is 13.8 Å². The van der Waals surface area contributed by atoms with E-state index in [1.54, 1.807) is 18.2 Å². The Morgan fingerprint density at radius 3 is 2.18 bits per heavy atom. The summed E-state index contributed by atoms with van der Waals surface area (Å²) in [7, 11) is 0. The van der Waals surface area contributed by atoms with Gasteiger partial charge in [0.2, 0.25) is 0 Å². The third-order valence-electron chi connectivity index (χ3n) is 6.25. The van der Waals surface area contributed by atoms with Gasteiger partial charge in [-0.2, -0.15) is 0 Å². The van der Waals surface area contributed by atoms with Crippen molar-refractivity contribution in [2.24, 2.45) is 0 Å². The Labute approximate surface area is 229 Å². The van der Waals surface area contributed by atoms with Crippen LogP contribution in [0.5, 0.6) is 0 Å². The molecule has 1 atom stereocenters. The normalized spacial score (nSPS) is 12.4. The molecular formula is C32H36FNO5. The fourth-order valence-electron chi connectivity index (χ4n) is 4.45. The number of nitrogens with zero attached hydrogens (tertiary/aromatic N) is 1. The standard InChI is InChI=1S/C32H36FNO5/c1-20(2)31-27(15-14-25(35)16-26(36)17-29(37)38)30(23-10-12-24(33)13-11-23)28(32(34-31)21(3)4)19-39-18-22-8-6-5-7-9-22/h5-15,20-21,25,35H,16-19H2,1-4H3,(H,37,38). The van der Waals surface area contributed by atoms with Crippen molar-refractivity contribution in [1.29, 1.82) is 0 Å². The molecule has 0 aliphatic carbocycles. The van der Waals surface area contributed by atoms with Crippen molar-refractivity contribution in [3.63, 3.8) is 0 Å². The van der Waals surface area contributed by atoms with Crippen LogP contribution in [-0.2, 0) is 27.5 Å². The van der Waals surface area contributed by atoms with Crippen LogP contribution in [0.1, 0.15) is 80.5 Å². The number of carbonyl (C=O) groups is 2. The Kier molecular flexibility index (Phi) is 10.7. The van der Waals surface area contributed by atoms with E-state index in [1.165, 1.54) is 18.2 Å². The number of aliphatic hydroxyl groups is 1. The fourth-order valence-corrected chi connectivity index (χ4v) is 4.45. The van der Waals surface area contributed by atoms with Crippen LogP contribution in [0.4, 0.5) is 4.39 Å². The number of aliphatic carboxylic acids is 1. The Bertz CT molecular complexity index is 1300. The highest BCUT2D eigenvalue weighted by atomic mass is 19.1. The molecule has 0 aliphatic rings. The third kappa shape index (κ3) is 8.40. The number of pyridine rings is 1. The van der Waals surface area contributed by atoms with Gasteiger partial charge in [0.1, 0.15) is 18.0 Å². The van der Waals surface area contributed by atoms with Gasteiger partial charge in [-0.25, -0.2) is 4.39 Å². The molecule has 1 unspecified atom stereocenters. The number of halogens is 1. The number of carboxylic acids is 1. The summed E-state index contributed by atoms with van der Waals surface area (Å²) in [5.41, 5.74) is 5.92. The molecule has 0 fully saturated rings. The van der Waals surface area contributed by atoms with Crippen LogP contribution in [0.15, 0.2) is 60.7 Å². The largest absolute Gasteiger partial charge is 0.481 e. The van der Waals surface area contributed by atoms with Crippen LogP contribution in [0.3, 0.4) is 0 Å². The SMILES string of the molecule is CC(C)c1nc(C(C)C)c(COCc2ccccc2)c(-c2ccc(F)cc2)c1C=CC(O)CC(=O)CC(=O)O. The summed E-state index contributed by atoms with van der Waals surface area (Å²) in [6.45, 7) is 8.85. The lowest BCUT2D eigenvalue weighted by Gasteiger charge is -2.24. The number of carbonyl (C=O) groups excluding carboxylic acids is 1. The fraction of sp³-hybridized carbons (Fsp3) is 0.344. The molecule has 0 aliphatic heterocycles. The molecule has 2 N–H and O–H groups in total. The van der Waals surface area contributed by atoms with Gasteiger partial charge in [-0.3, -0.25) is 14.6 Å². The molecule has 1 aromatic heterocycles. The molecular weight excluding hydrogens is 497 g/mol. The molecule has 39 heavy (non-hydrogen) atoms. The monoisotopic (exact) mass is 533 g/mol. The summed E-state index contributed by atoms with van der Waals surface area (Å²) in [5.74, 6) is -2.05. The van der Waals surface area contributed by atoms with Gasteiger partial charge in [-0.05, 0) is 40.7 Å². The number of ketones is 1. The minimum Gasteiger partial charge on any atom is -0.481 e. The Balaban J connectivity index is 2.13. The predicted octanol–water partition coefficient (Wildman–Crippen LogP) is 6.66. The second kappa shape index (κ2) is 13.9. The van der Waals surface area contributed by atoms with Gasteiger partial charge in [0, 0.05) is 23.2 Å². The topological polar surface area (TPSA) is 96.7 Å². The van der Waals surface area contributed by atoms with Crippen molar-refractivity contribution in [2.45, 2.75) is 71.7 Å². The van der Waals surface area contributed by atoms with E-state index in [1.807, 2.05) is 44.2 Å². The molecule has 7 heteroatoms.